The standard InChI is InChI=1S/C16H17N3O/c17-12-16(8-3-4-9-16)18-15(20)11-19-10-7-13-5-1-2-6-14(13)19/h1-2,5-7,10H,3-4,8-9,11H2,(H,18,20). The topological polar surface area (TPSA) is 57.8 Å². The number of hydrogen-bond donors (Lipinski definition) is 1. The van der Waals surface area contributed by atoms with Crippen molar-refractivity contribution in [3.63, 3.8) is 0 Å². The van der Waals surface area contributed by atoms with Gasteiger partial charge in [-0.2, -0.15) is 5.26 Å². The number of rotatable bonds is 3. The van der Waals surface area contributed by atoms with E-state index in [1.165, 1.54) is 0 Å². The number of carbonyl (C=O) groups excluding carboxylic acids is 1. The third-order valence-electron chi connectivity index (χ3n) is 4.04. The van der Waals surface area contributed by atoms with Crippen molar-refractivity contribution < 1.29 is 4.79 Å². The summed E-state index contributed by atoms with van der Waals surface area (Å²) in [6, 6.07) is 12.3. The van der Waals surface area contributed by atoms with Crippen molar-refractivity contribution in [3.8, 4) is 6.07 Å². The highest BCUT2D eigenvalue weighted by atomic mass is 16.2. The van der Waals surface area contributed by atoms with Gasteiger partial charge in [-0.1, -0.05) is 18.2 Å². The summed E-state index contributed by atoms with van der Waals surface area (Å²) in [6.45, 7) is 0.261. The minimum Gasteiger partial charge on any atom is -0.338 e. The highest BCUT2D eigenvalue weighted by Gasteiger charge is 2.35. The molecule has 1 fully saturated rings. The van der Waals surface area contributed by atoms with Crippen molar-refractivity contribution >= 4 is 16.8 Å². The zero-order chi connectivity index (χ0) is 14.0. The molecule has 1 heterocycles. The lowest BCUT2D eigenvalue weighted by molar-refractivity contribution is -0.122. The quantitative estimate of drug-likeness (QED) is 0.929. The Morgan fingerprint density at radius 1 is 1.30 bits per heavy atom. The minimum absolute atomic E-state index is 0.0881. The minimum atomic E-state index is -0.639. The Labute approximate surface area is 118 Å². The van der Waals surface area contributed by atoms with Crippen molar-refractivity contribution in [1.82, 2.24) is 9.88 Å². The second-order valence-electron chi connectivity index (χ2n) is 5.45. The smallest absolute Gasteiger partial charge is 0.241 e. The van der Waals surface area contributed by atoms with E-state index in [0.717, 1.165) is 36.6 Å². The van der Waals surface area contributed by atoms with Crippen LogP contribution in [-0.4, -0.2) is 16.0 Å². The highest BCUT2D eigenvalue weighted by molar-refractivity contribution is 5.83. The fraction of sp³-hybridized carbons (Fsp3) is 0.375. The zero-order valence-electron chi connectivity index (χ0n) is 11.3. The average molecular weight is 267 g/mol. The molecule has 0 saturated heterocycles. The monoisotopic (exact) mass is 267 g/mol. The Morgan fingerprint density at radius 3 is 2.80 bits per heavy atom. The lowest BCUT2D eigenvalue weighted by Gasteiger charge is -2.22. The molecule has 1 aromatic carbocycles. The van der Waals surface area contributed by atoms with E-state index >= 15 is 0 Å². The van der Waals surface area contributed by atoms with E-state index in [1.54, 1.807) is 0 Å². The van der Waals surface area contributed by atoms with Gasteiger partial charge in [0.25, 0.3) is 0 Å². The van der Waals surface area contributed by atoms with Crippen molar-refractivity contribution in [2.45, 2.75) is 37.8 Å². The van der Waals surface area contributed by atoms with Gasteiger partial charge in [0.2, 0.25) is 5.91 Å². The predicted octanol–water partition coefficient (Wildman–Crippen LogP) is 2.59. The van der Waals surface area contributed by atoms with Gasteiger partial charge >= 0.3 is 0 Å². The van der Waals surface area contributed by atoms with E-state index in [-0.39, 0.29) is 12.5 Å². The number of nitriles is 1. The molecule has 0 unspecified atom stereocenters. The molecular weight excluding hydrogens is 250 g/mol. The van der Waals surface area contributed by atoms with Crippen LogP contribution in [0.4, 0.5) is 0 Å². The van der Waals surface area contributed by atoms with Crippen molar-refractivity contribution in [3.05, 3.63) is 36.5 Å². The van der Waals surface area contributed by atoms with Crippen LogP contribution in [0.1, 0.15) is 25.7 Å². The SMILES string of the molecule is N#CC1(NC(=O)Cn2ccc3ccccc32)CCCC1. The van der Waals surface area contributed by atoms with Crippen LogP contribution in [0.3, 0.4) is 0 Å². The molecule has 1 N–H and O–H groups in total. The van der Waals surface area contributed by atoms with Crippen LogP contribution in [0.25, 0.3) is 10.9 Å². The van der Waals surface area contributed by atoms with Gasteiger partial charge in [-0.3, -0.25) is 4.79 Å². The number of aromatic nitrogens is 1. The average Bonchev–Trinajstić information content (AvgIpc) is 3.07. The molecule has 4 nitrogen and oxygen atoms in total. The first kappa shape index (κ1) is 12.7. The van der Waals surface area contributed by atoms with E-state index in [2.05, 4.69) is 11.4 Å². The molecule has 1 aliphatic carbocycles. The lowest BCUT2D eigenvalue weighted by atomic mass is 10.00. The number of fused-ring (bicyclic) bond motifs is 1. The van der Waals surface area contributed by atoms with Gasteiger partial charge in [0, 0.05) is 11.7 Å². The van der Waals surface area contributed by atoms with E-state index < -0.39 is 5.54 Å². The Bertz CT molecular complexity index is 674. The second kappa shape index (κ2) is 5.01. The van der Waals surface area contributed by atoms with Crippen LogP contribution in [-0.2, 0) is 11.3 Å². The Kier molecular flexibility index (Phi) is 3.19. The summed E-state index contributed by atoms with van der Waals surface area (Å²) in [6.07, 6.45) is 5.47. The molecule has 0 spiro atoms. The number of benzene rings is 1. The predicted molar refractivity (Wildman–Crippen MR) is 76.9 cm³/mol. The first-order valence-electron chi connectivity index (χ1n) is 6.99. The molecular formula is C16H17N3O. The number of nitrogens with zero attached hydrogens (tertiary/aromatic N) is 2. The van der Waals surface area contributed by atoms with Gasteiger partial charge in [-0.15, -0.1) is 0 Å². The van der Waals surface area contributed by atoms with Crippen molar-refractivity contribution in [2.24, 2.45) is 0 Å². The van der Waals surface area contributed by atoms with Gasteiger partial charge in [-0.05, 0) is 43.2 Å². The summed E-state index contributed by atoms with van der Waals surface area (Å²) < 4.78 is 1.92. The van der Waals surface area contributed by atoms with Crippen LogP contribution in [0.2, 0.25) is 0 Å². The summed E-state index contributed by atoms with van der Waals surface area (Å²) >= 11 is 0. The second-order valence-corrected chi connectivity index (χ2v) is 5.45. The number of para-hydroxylation sites is 1. The normalized spacial score (nSPS) is 16.9. The Hall–Kier alpha value is -2.28. The summed E-state index contributed by atoms with van der Waals surface area (Å²) in [4.78, 5) is 12.2. The fourth-order valence-corrected chi connectivity index (χ4v) is 2.98. The lowest BCUT2D eigenvalue weighted by Crippen LogP contribution is -2.46. The molecule has 0 atom stereocenters. The van der Waals surface area contributed by atoms with Crippen LogP contribution in [0.5, 0.6) is 0 Å². The Balaban J connectivity index is 1.75. The molecule has 1 aromatic heterocycles. The third-order valence-corrected chi connectivity index (χ3v) is 4.04. The maximum Gasteiger partial charge on any atom is 0.241 e. The first-order chi connectivity index (χ1) is 9.72. The molecule has 1 amide bonds. The zero-order valence-corrected chi connectivity index (χ0v) is 11.3. The van der Waals surface area contributed by atoms with Gasteiger partial charge in [0.1, 0.15) is 12.1 Å². The van der Waals surface area contributed by atoms with Crippen LogP contribution in [0, 0.1) is 11.3 Å². The van der Waals surface area contributed by atoms with Crippen LogP contribution >= 0.6 is 0 Å². The van der Waals surface area contributed by atoms with Crippen molar-refractivity contribution in [2.75, 3.05) is 0 Å². The molecule has 0 aliphatic heterocycles. The van der Waals surface area contributed by atoms with Crippen LogP contribution in [0.15, 0.2) is 36.5 Å². The van der Waals surface area contributed by atoms with Crippen LogP contribution < -0.4 is 5.32 Å². The molecule has 1 saturated carbocycles. The molecule has 1 aliphatic rings. The van der Waals surface area contributed by atoms with E-state index in [0.29, 0.717) is 0 Å². The summed E-state index contributed by atoms with van der Waals surface area (Å²) in [5.74, 6) is -0.0881. The summed E-state index contributed by atoms with van der Waals surface area (Å²) in [5.41, 5.74) is 0.403. The first-order valence-corrected chi connectivity index (χ1v) is 6.99. The highest BCUT2D eigenvalue weighted by Crippen LogP contribution is 2.28. The van der Waals surface area contributed by atoms with Crippen molar-refractivity contribution in [1.29, 1.82) is 5.26 Å². The van der Waals surface area contributed by atoms with Gasteiger partial charge in [0.05, 0.1) is 6.07 Å². The van der Waals surface area contributed by atoms with Gasteiger partial charge in [-0.25, -0.2) is 0 Å². The number of amides is 1. The van der Waals surface area contributed by atoms with E-state index in [4.69, 9.17) is 0 Å². The van der Waals surface area contributed by atoms with E-state index in [9.17, 15) is 10.1 Å². The molecule has 4 heteroatoms. The maximum atomic E-state index is 12.2. The summed E-state index contributed by atoms with van der Waals surface area (Å²) in [5, 5.41) is 13.3. The molecule has 20 heavy (non-hydrogen) atoms. The third kappa shape index (κ3) is 2.27. The maximum absolute atomic E-state index is 12.2. The van der Waals surface area contributed by atoms with Gasteiger partial charge < -0.3 is 9.88 Å². The van der Waals surface area contributed by atoms with Gasteiger partial charge in [0.15, 0.2) is 0 Å². The molecule has 3 rings (SSSR count). The number of nitrogens with one attached hydrogen (secondary N) is 1. The molecule has 0 bridgehead atoms. The Morgan fingerprint density at radius 2 is 2.05 bits per heavy atom. The largest absolute Gasteiger partial charge is 0.338 e. The molecule has 2 aromatic rings. The number of carbonyl (C=O) groups is 1. The molecule has 0 radical (unpaired) electrons. The fourth-order valence-electron chi connectivity index (χ4n) is 2.98. The molecule has 102 valence electrons. The number of hydrogen-bond acceptors (Lipinski definition) is 2. The summed E-state index contributed by atoms with van der Waals surface area (Å²) in [7, 11) is 0. The van der Waals surface area contributed by atoms with E-state index in [1.807, 2.05) is 41.1 Å².